The molecule has 0 bridgehead atoms. The van der Waals surface area contributed by atoms with Gasteiger partial charge in [-0.3, -0.25) is 0 Å². The molecule has 0 aliphatic carbocycles. The van der Waals surface area contributed by atoms with E-state index in [0.717, 1.165) is 12.2 Å². The van der Waals surface area contributed by atoms with Gasteiger partial charge in [-0.05, 0) is 24.1 Å². The van der Waals surface area contributed by atoms with Crippen LogP contribution in [0, 0.1) is 0 Å². The third-order valence-electron chi connectivity index (χ3n) is 2.70. The van der Waals surface area contributed by atoms with Crippen LogP contribution in [0.4, 0.5) is 0 Å². The molecule has 1 aromatic heterocycles. The average Bonchev–Trinajstić information content (AvgIpc) is 2.82. The molecule has 0 amide bonds. The molecule has 0 aliphatic heterocycles. The van der Waals surface area contributed by atoms with Crippen molar-refractivity contribution in [3.05, 3.63) is 60.1 Å². The molecule has 0 unspecified atom stereocenters. The Hall–Kier alpha value is -1.54. The zero-order valence-electron chi connectivity index (χ0n) is 10.4. The second-order valence-corrected chi connectivity index (χ2v) is 4.58. The molecule has 0 saturated carbocycles. The minimum Gasteiger partial charge on any atom is -0.468 e. The van der Waals surface area contributed by atoms with Crippen molar-refractivity contribution < 1.29 is 4.42 Å². The van der Waals surface area contributed by atoms with E-state index in [9.17, 15) is 0 Å². The molecule has 2 nitrogen and oxygen atoms in total. The van der Waals surface area contributed by atoms with Gasteiger partial charge in [-0.15, -0.1) is 0 Å². The number of hydrogen-bond donors (Lipinski definition) is 1. The van der Waals surface area contributed by atoms with E-state index in [4.69, 9.17) is 4.42 Å². The fourth-order valence-electron chi connectivity index (χ4n) is 1.98. The second kappa shape index (κ2) is 5.69. The smallest absolute Gasteiger partial charge is 0.121 e. The predicted octanol–water partition coefficient (Wildman–Crippen LogP) is 3.56. The highest BCUT2D eigenvalue weighted by molar-refractivity contribution is 5.18. The maximum absolute atomic E-state index is 5.51. The molecule has 0 fully saturated rings. The van der Waals surface area contributed by atoms with Crippen molar-refractivity contribution in [3.8, 4) is 0 Å². The third kappa shape index (κ3) is 3.46. The van der Waals surface area contributed by atoms with Crippen LogP contribution in [0.5, 0.6) is 0 Å². The minimum absolute atomic E-state index is 0.243. The van der Waals surface area contributed by atoms with Gasteiger partial charge in [-0.1, -0.05) is 44.2 Å². The van der Waals surface area contributed by atoms with Crippen molar-refractivity contribution in [2.24, 2.45) is 0 Å². The molecule has 1 N–H and O–H groups in total. The van der Waals surface area contributed by atoms with E-state index in [1.54, 1.807) is 6.26 Å². The summed E-state index contributed by atoms with van der Waals surface area (Å²) >= 11 is 0. The van der Waals surface area contributed by atoms with E-state index in [2.05, 4.69) is 43.4 Å². The monoisotopic (exact) mass is 229 g/mol. The summed E-state index contributed by atoms with van der Waals surface area (Å²) in [5.41, 5.74) is 1.32. The molecule has 0 spiro atoms. The van der Waals surface area contributed by atoms with Crippen LogP contribution in [0.1, 0.15) is 31.2 Å². The Morgan fingerprint density at radius 2 is 1.82 bits per heavy atom. The molecular weight excluding hydrogens is 210 g/mol. The quantitative estimate of drug-likeness (QED) is 0.848. The lowest BCUT2D eigenvalue weighted by molar-refractivity contribution is 0.387. The van der Waals surface area contributed by atoms with Crippen molar-refractivity contribution in [2.75, 3.05) is 0 Å². The van der Waals surface area contributed by atoms with Crippen molar-refractivity contribution in [2.45, 2.75) is 32.4 Å². The van der Waals surface area contributed by atoms with Gasteiger partial charge in [0.2, 0.25) is 0 Å². The van der Waals surface area contributed by atoms with Crippen LogP contribution in [0.15, 0.2) is 53.1 Å². The van der Waals surface area contributed by atoms with Crippen LogP contribution in [0.3, 0.4) is 0 Å². The summed E-state index contributed by atoms with van der Waals surface area (Å²) in [4.78, 5) is 0. The van der Waals surface area contributed by atoms with E-state index in [1.165, 1.54) is 5.56 Å². The number of furan rings is 1. The average molecular weight is 229 g/mol. The summed E-state index contributed by atoms with van der Waals surface area (Å²) in [6.45, 7) is 4.31. The molecule has 2 heteroatoms. The van der Waals surface area contributed by atoms with E-state index >= 15 is 0 Å². The maximum atomic E-state index is 5.51. The molecule has 1 aromatic carbocycles. The van der Waals surface area contributed by atoms with E-state index in [0.29, 0.717) is 6.04 Å². The first kappa shape index (κ1) is 11.9. The first-order chi connectivity index (χ1) is 8.25. The van der Waals surface area contributed by atoms with Gasteiger partial charge in [0.1, 0.15) is 5.76 Å². The summed E-state index contributed by atoms with van der Waals surface area (Å²) in [5, 5.41) is 3.54. The highest BCUT2D eigenvalue weighted by atomic mass is 16.3. The molecule has 90 valence electrons. The Labute approximate surface area is 103 Å². The zero-order chi connectivity index (χ0) is 12.1. The van der Waals surface area contributed by atoms with E-state index in [1.807, 2.05) is 18.2 Å². The first-order valence-electron chi connectivity index (χ1n) is 6.09. The predicted molar refractivity (Wildman–Crippen MR) is 69.9 cm³/mol. The summed E-state index contributed by atoms with van der Waals surface area (Å²) < 4.78 is 5.51. The topological polar surface area (TPSA) is 25.2 Å². The van der Waals surface area contributed by atoms with Crippen molar-refractivity contribution in [1.82, 2.24) is 5.32 Å². The first-order valence-corrected chi connectivity index (χ1v) is 6.09. The SMILES string of the molecule is CC(C)N[C@@H](Cc1ccccc1)c1ccco1. The van der Waals surface area contributed by atoms with E-state index in [-0.39, 0.29) is 6.04 Å². The number of nitrogens with one attached hydrogen (secondary N) is 1. The van der Waals surface area contributed by atoms with Gasteiger partial charge in [0.05, 0.1) is 12.3 Å². The largest absolute Gasteiger partial charge is 0.468 e. The molecule has 2 rings (SSSR count). The standard InChI is InChI=1S/C15H19NO/c1-12(2)16-14(15-9-6-10-17-15)11-13-7-4-3-5-8-13/h3-10,12,14,16H,11H2,1-2H3/t14-/m0/s1. The van der Waals surface area contributed by atoms with Crippen LogP contribution in [0.25, 0.3) is 0 Å². The third-order valence-corrected chi connectivity index (χ3v) is 2.70. The number of hydrogen-bond acceptors (Lipinski definition) is 2. The lowest BCUT2D eigenvalue weighted by Crippen LogP contribution is -2.29. The molecule has 0 saturated heterocycles. The van der Waals surface area contributed by atoms with Gasteiger partial charge >= 0.3 is 0 Å². The van der Waals surface area contributed by atoms with Crippen LogP contribution in [0.2, 0.25) is 0 Å². The van der Waals surface area contributed by atoms with Gasteiger partial charge in [0.15, 0.2) is 0 Å². The molecule has 17 heavy (non-hydrogen) atoms. The maximum Gasteiger partial charge on any atom is 0.121 e. The fourth-order valence-corrected chi connectivity index (χ4v) is 1.98. The van der Waals surface area contributed by atoms with Crippen molar-refractivity contribution in [3.63, 3.8) is 0 Å². The molecule has 2 aromatic rings. The van der Waals surface area contributed by atoms with Gasteiger partial charge in [-0.2, -0.15) is 0 Å². The van der Waals surface area contributed by atoms with E-state index < -0.39 is 0 Å². The van der Waals surface area contributed by atoms with Crippen LogP contribution in [-0.4, -0.2) is 6.04 Å². The van der Waals surface area contributed by atoms with Gasteiger partial charge < -0.3 is 9.73 Å². The minimum atomic E-state index is 0.243. The zero-order valence-corrected chi connectivity index (χ0v) is 10.4. The lowest BCUT2D eigenvalue weighted by Gasteiger charge is -2.19. The highest BCUT2D eigenvalue weighted by Gasteiger charge is 2.15. The van der Waals surface area contributed by atoms with Gasteiger partial charge in [0, 0.05) is 6.04 Å². The molecule has 1 heterocycles. The normalized spacial score (nSPS) is 12.9. The molecular formula is C15H19NO. The summed E-state index contributed by atoms with van der Waals surface area (Å²) in [5.74, 6) is 1.00. The Morgan fingerprint density at radius 3 is 2.41 bits per heavy atom. The van der Waals surface area contributed by atoms with Crippen molar-refractivity contribution in [1.29, 1.82) is 0 Å². The molecule has 0 radical (unpaired) electrons. The number of benzene rings is 1. The Balaban J connectivity index is 2.11. The lowest BCUT2D eigenvalue weighted by atomic mass is 10.0. The van der Waals surface area contributed by atoms with Crippen LogP contribution in [-0.2, 0) is 6.42 Å². The summed E-state index contributed by atoms with van der Waals surface area (Å²) in [6, 6.07) is 15.1. The van der Waals surface area contributed by atoms with Crippen molar-refractivity contribution >= 4 is 0 Å². The summed E-state index contributed by atoms with van der Waals surface area (Å²) in [7, 11) is 0. The number of rotatable bonds is 5. The Morgan fingerprint density at radius 1 is 1.06 bits per heavy atom. The van der Waals surface area contributed by atoms with Gasteiger partial charge in [-0.25, -0.2) is 0 Å². The fraction of sp³-hybridized carbons (Fsp3) is 0.333. The Bertz CT molecular complexity index is 419. The molecule has 0 aliphatic rings. The highest BCUT2D eigenvalue weighted by Crippen LogP contribution is 2.19. The van der Waals surface area contributed by atoms with Gasteiger partial charge in [0.25, 0.3) is 0 Å². The Kier molecular flexibility index (Phi) is 3.99. The van der Waals surface area contributed by atoms with Crippen LogP contribution >= 0.6 is 0 Å². The summed E-state index contributed by atoms with van der Waals surface area (Å²) in [6.07, 6.45) is 2.68. The second-order valence-electron chi connectivity index (χ2n) is 4.58. The molecule has 1 atom stereocenters. The van der Waals surface area contributed by atoms with Crippen LogP contribution < -0.4 is 5.32 Å².